The molecule has 5 rings (SSSR count). The van der Waals surface area contributed by atoms with Gasteiger partial charge in [-0.1, -0.05) is 64.8 Å². The Morgan fingerprint density at radius 2 is 1.88 bits per heavy atom. The predicted octanol–water partition coefficient (Wildman–Crippen LogP) is 5.32. The van der Waals surface area contributed by atoms with E-state index in [2.05, 4.69) is 49.2 Å². The third-order valence-corrected chi connectivity index (χ3v) is 9.72. The van der Waals surface area contributed by atoms with Crippen LogP contribution in [-0.2, 0) is 4.79 Å². The summed E-state index contributed by atoms with van der Waals surface area (Å²) in [5.74, 6) is 0.480. The monoisotopic (exact) mass is 589 g/mol. The van der Waals surface area contributed by atoms with Crippen molar-refractivity contribution in [3.8, 4) is 0 Å². The zero-order valence-corrected chi connectivity index (χ0v) is 25.9. The van der Waals surface area contributed by atoms with Crippen molar-refractivity contribution >= 4 is 23.4 Å². The lowest BCUT2D eigenvalue weighted by Crippen LogP contribution is -2.51. The minimum absolute atomic E-state index is 0.150. The van der Waals surface area contributed by atoms with Gasteiger partial charge >= 0.3 is 0 Å². The smallest absolute Gasteiger partial charge is 0.275 e. The molecule has 2 aromatic carbocycles. The zero-order valence-electron chi connectivity index (χ0n) is 25.9. The fourth-order valence-electron chi connectivity index (χ4n) is 6.67. The van der Waals surface area contributed by atoms with Crippen molar-refractivity contribution in [3.05, 3.63) is 71.0 Å². The minimum atomic E-state index is -0.676. The summed E-state index contributed by atoms with van der Waals surface area (Å²) in [6, 6.07) is 13.5. The number of carbonyl (C=O) groups is 2. The van der Waals surface area contributed by atoms with Crippen molar-refractivity contribution < 1.29 is 14.0 Å². The highest BCUT2D eigenvalue weighted by Gasteiger charge is 2.52. The normalized spacial score (nSPS) is 22.8. The van der Waals surface area contributed by atoms with Crippen LogP contribution in [0.5, 0.6) is 0 Å². The molecule has 3 aliphatic rings. The number of amidine groups is 1. The van der Waals surface area contributed by atoms with Gasteiger partial charge in [0.15, 0.2) is 5.84 Å². The number of nitrogens with zero attached hydrogens (tertiary/aromatic N) is 4. The molecule has 2 aromatic rings. The number of aliphatic imine (C=N–C) groups is 1. The van der Waals surface area contributed by atoms with E-state index >= 15 is 0 Å². The van der Waals surface area contributed by atoms with Crippen LogP contribution in [0.15, 0.2) is 58.6 Å². The summed E-state index contributed by atoms with van der Waals surface area (Å²) >= 11 is 0. The SMILES string of the molecule is CCCC(c1ccc(C(=O)NCC2=NNNN2C)cc1)N1C(=O)C(c2cccc(F)c2)=NC12CCC(C(C)(C)CC)CC2. The summed E-state index contributed by atoms with van der Waals surface area (Å²) in [6.45, 7) is 9.30. The van der Waals surface area contributed by atoms with Gasteiger partial charge < -0.3 is 10.2 Å². The molecule has 2 heterocycles. The number of hydrogen-bond acceptors (Lipinski definition) is 7. The van der Waals surface area contributed by atoms with E-state index in [1.54, 1.807) is 24.2 Å². The molecule has 1 fully saturated rings. The van der Waals surface area contributed by atoms with E-state index in [9.17, 15) is 14.0 Å². The molecule has 0 radical (unpaired) electrons. The fraction of sp³-hybridized carbons (Fsp3) is 0.515. The number of benzene rings is 2. The highest BCUT2D eigenvalue weighted by atomic mass is 19.1. The average molecular weight is 590 g/mol. The van der Waals surface area contributed by atoms with Crippen molar-refractivity contribution in [2.75, 3.05) is 13.6 Å². The largest absolute Gasteiger partial charge is 0.345 e. The second kappa shape index (κ2) is 12.4. The number of halogens is 1. The molecular formula is C33H44FN7O2. The van der Waals surface area contributed by atoms with E-state index in [1.165, 1.54) is 12.1 Å². The van der Waals surface area contributed by atoms with Crippen LogP contribution in [0.4, 0.5) is 4.39 Å². The molecule has 1 saturated carbocycles. The Kier molecular flexibility index (Phi) is 8.87. The van der Waals surface area contributed by atoms with Gasteiger partial charge in [0.25, 0.3) is 11.8 Å². The zero-order chi connectivity index (χ0) is 30.8. The van der Waals surface area contributed by atoms with Gasteiger partial charge in [0.1, 0.15) is 17.2 Å². The number of hydrazine groups is 2. The van der Waals surface area contributed by atoms with Gasteiger partial charge in [-0.25, -0.2) is 9.93 Å². The Bertz CT molecular complexity index is 1400. The van der Waals surface area contributed by atoms with E-state index in [0.29, 0.717) is 28.6 Å². The molecule has 0 aromatic heterocycles. The first-order chi connectivity index (χ1) is 20.6. The Hall–Kier alpha value is -3.79. The topological polar surface area (TPSA) is 101 Å². The summed E-state index contributed by atoms with van der Waals surface area (Å²) in [6.07, 6.45) is 6.22. The Labute approximate surface area is 253 Å². The predicted molar refractivity (Wildman–Crippen MR) is 166 cm³/mol. The van der Waals surface area contributed by atoms with Crippen molar-refractivity contribution in [1.29, 1.82) is 0 Å². The van der Waals surface area contributed by atoms with E-state index in [0.717, 1.165) is 50.5 Å². The molecule has 230 valence electrons. The molecule has 1 atom stereocenters. The Morgan fingerprint density at radius 1 is 1.16 bits per heavy atom. The summed E-state index contributed by atoms with van der Waals surface area (Å²) in [4.78, 5) is 34.4. The van der Waals surface area contributed by atoms with Crippen LogP contribution in [0.3, 0.4) is 0 Å². The molecular weight excluding hydrogens is 545 g/mol. The quantitative estimate of drug-likeness (QED) is 0.348. The molecule has 1 aliphatic carbocycles. The molecule has 43 heavy (non-hydrogen) atoms. The number of hydrazone groups is 1. The number of nitrogens with one attached hydrogen (secondary N) is 3. The van der Waals surface area contributed by atoms with Crippen LogP contribution in [0.1, 0.15) is 100 Å². The summed E-state index contributed by atoms with van der Waals surface area (Å²) in [5, 5.41) is 8.68. The molecule has 1 unspecified atom stereocenters. The van der Waals surface area contributed by atoms with Crippen LogP contribution >= 0.6 is 0 Å². The van der Waals surface area contributed by atoms with Gasteiger partial charge in [0.2, 0.25) is 0 Å². The Balaban J connectivity index is 1.43. The maximum Gasteiger partial charge on any atom is 0.275 e. The molecule has 0 bridgehead atoms. The molecule has 10 heteroatoms. The lowest BCUT2D eigenvalue weighted by molar-refractivity contribution is -0.133. The molecule has 1 spiro atoms. The summed E-state index contributed by atoms with van der Waals surface area (Å²) < 4.78 is 14.3. The lowest BCUT2D eigenvalue weighted by atomic mass is 9.67. The standard InChI is InChI=1S/C33H44FN7O2/c1-6-9-27(22-12-14-23(15-13-22)30(42)35-21-28-37-38-39-40(28)5)41-31(43)29(24-10-8-11-26(34)20-24)36-33(41)18-16-25(17-19-33)32(3,4)7-2/h8,10-15,20,25,27,38-39H,6-7,9,16-19,21H2,1-5H3,(H,35,42). The van der Waals surface area contributed by atoms with E-state index in [4.69, 9.17) is 4.99 Å². The Morgan fingerprint density at radius 3 is 2.49 bits per heavy atom. The molecule has 2 aliphatic heterocycles. The van der Waals surface area contributed by atoms with Gasteiger partial charge in [-0.15, -0.1) is 10.6 Å². The summed E-state index contributed by atoms with van der Waals surface area (Å²) in [5.41, 5.74) is 7.37. The van der Waals surface area contributed by atoms with Crippen molar-refractivity contribution in [1.82, 2.24) is 26.3 Å². The molecule has 2 amide bonds. The average Bonchev–Trinajstić information content (AvgIpc) is 3.54. The second-order valence-corrected chi connectivity index (χ2v) is 12.7. The fourth-order valence-corrected chi connectivity index (χ4v) is 6.67. The van der Waals surface area contributed by atoms with Crippen LogP contribution < -0.4 is 16.4 Å². The van der Waals surface area contributed by atoms with Crippen molar-refractivity contribution in [3.63, 3.8) is 0 Å². The van der Waals surface area contributed by atoms with Crippen LogP contribution in [0.2, 0.25) is 0 Å². The first kappa shape index (κ1) is 30.7. The highest BCUT2D eigenvalue weighted by molar-refractivity contribution is 6.46. The number of hydrogen-bond donors (Lipinski definition) is 3. The maximum absolute atomic E-state index is 14.3. The van der Waals surface area contributed by atoms with Gasteiger partial charge in [0.05, 0.1) is 12.6 Å². The number of carbonyl (C=O) groups excluding carboxylic acids is 2. The lowest BCUT2D eigenvalue weighted by Gasteiger charge is -2.48. The number of likely N-dealkylation sites (N-methyl/N-ethyl adjacent to an activating group) is 1. The molecule has 9 nitrogen and oxygen atoms in total. The van der Waals surface area contributed by atoms with E-state index in [1.807, 2.05) is 29.2 Å². The van der Waals surface area contributed by atoms with Gasteiger partial charge in [-0.05, 0) is 73.3 Å². The summed E-state index contributed by atoms with van der Waals surface area (Å²) in [7, 11) is 1.81. The number of rotatable bonds is 10. The minimum Gasteiger partial charge on any atom is -0.345 e. The molecule has 3 N–H and O–H groups in total. The van der Waals surface area contributed by atoms with Gasteiger partial charge in [-0.3, -0.25) is 19.6 Å². The molecule has 0 saturated heterocycles. The highest BCUT2D eigenvalue weighted by Crippen LogP contribution is 2.50. The van der Waals surface area contributed by atoms with Crippen LogP contribution in [-0.4, -0.2) is 52.5 Å². The second-order valence-electron chi connectivity index (χ2n) is 12.7. The first-order valence-electron chi connectivity index (χ1n) is 15.5. The van der Waals surface area contributed by atoms with Gasteiger partial charge in [0, 0.05) is 18.2 Å². The first-order valence-corrected chi connectivity index (χ1v) is 15.5. The van der Waals surface area contributed by atoms with Crippen LogP contribution in [0, 0.1) is 17.2 Å². The number of amides is 2. The van der Waals surface area contributed by atoms with Crippen LogP contribution in [0.25, 0.3) is 0 Å². The van der Waals surface area contributed by atoms with E-state index < -0.39 is 5.66 Å². The van der Waals surface area contributed by atoms with E-state index in [-0.39, 0.29) is 35.6 Å². The maximum atomic E-state index is 14.3. The van der Waals surface area contributed by atoms with Crippen molar-refractivity contribution in [2.45, 2.75) is 84.3 Å². The third-order valence-electron chi connectivity index (χ3n) is 9.72. The third kappa shape index (κ3) is 6.16. The van der Waals surface area contributed by atoms with Crippen molar-refractivity contribution in [2.24, 2.45) is 21.4 Å². The van der Waals surface area contributed by atoms with Gasteiger partial charge in [-0.2, -0.15) is 0 Å².